The number of hydrogen-bond donors (Lipinski definition) is 3. The standard InChI is InChI=1S/C11H15FN2O5S/c12-20(17,18)10-3-1-9(2-4-10)14-11(16)13-5-7-19-8-6-15/h1-4,15H,5-8H2,(H2,13,14,16). The third kappa shape index (κ3) is 5.95. The van der Waals surface area contributed by atoms with Crippen LogP contribution in [0.3, 0.4) is 0 Å². The van der Waals surface area contributed by atoms with Gasteiger partial charge in [0.1, 0.15) is 0 Å². The zero-order valence-electron chi connectivity index (χ0n) is 10.5. The molecule has 0 saturated carbocycles. The van der Waals surface area contributed by atoms with Gasteiger partial charge in [0.2, 0.25) is 0 Å². The molecule has 7 nitrogen and oxygen atoms in total. The van der Waals surface area contributed by atoms with Crippen molar-refractivity contribution in [2.24, 2.45) is 0 Å². The van der Waals surface area contributed by atoms with Crippen LogP contribution < -0.4 is 10.6 Å². The van der Waals surface area contributed by atoms with Gasteiger partial charge in [0.15, 0.2) is 0 Å². The highest BCUT2D eigenvalue weighted by atomic mass is 32.3. The van der Waals surface area contributed by atoms with E-state index in [4.69, 9.17) is 9.84 Å². The Hall–Kier alpha value is -1.71. The summed E-state index contributed by atoms with van der Waals surface area (Å²) in [7, 11) is -4.74. The minimum absolute atomic E-state index is 0.0873. The summed E-state index contributed by atoms with van der Waals surface area (Å²) < 4.78 is 38.8. The van der Waals surface area contributed by atoms with Gasteiger partial charge in [0, 0.05) is 12.2 Å². The molecule has 20 heavy (non-hydrogen) atoms. The fourth-order valence-electron chi connectivity index (χ4n) is 1.28. The van der Waals surface area contributed by atoms with Crippen LogP contribution >= 0.6 is 0 Å². The Bertz CT molecular complexity index is 532. The summed E-state index contributed by atoms with van der Waals surface area (Å²) in [5.41, 5.74) is 0.325. The molecule has 0 heterocycles. The van der Waals surface area contributed by atoms with Crippen molar-refractivity contribution >= 4 is 21.9 Å². The predicted octanol–water partition coefficient (Wildman–Crippen LogP) is 0.475. The molecule has 0 radical (unpaired) electrons. The second kappa shape index (κ2) is 7.78. The highest BCUT2D eigenvalue weighted by Crippen LogP contribution is 2.15. The summed E-state index contributed by atoms with van der Waals surface area (Å²) in [6, 6.07) is 4.14. The van der Waals surface area contributed by atoms with E-state index < -0.39 is 21.1 Å². The molecule has 0 spiro atoms. The van der Waals surface area contributed by atoms with Crippen LogP contribution in [0.15, 0.2) is 29.2 Å². The van der Waals surface area contributed by atoms with Crippen LogP contribution in [-0.4, -0.2) is 45.9 Å². The number of ether oxygens (including phenoxy) is 1. The van der Waals surface area contributed by atoms with Crippen LogP contribution in [0.2, 0.25) is 0 Å². The Morgan fingerprint density at radius 3 is 2.45 bits per heavy atom. The Kier molecular flexibility index (Phi) is 6.36. The molecule has 9 heteroatoms. The lowest BCUT2D eigenvalue weighted by Crippen LogP contribution is -2.31. The van der Waals surface area contributed by atoms with Gasteiger partial charge in [-0.15, -0.1) is 3.89 Å². The Labute approximate surface area is 116 Å². The number of halogens is 1. The molecule has 112 valence electrons. The molecule has 0 unspecified atom stereocenters. The molecule has 0 aromatic heterocycles. The monoisotopic (exact) mass is 306 g/mol. The van der Waals surface area contributed by atoms with Crippen LogP contribution in [0.1, 0.15) is 0 Å². The van der Waals surface area contributed by atoms with Gasteiger partial charge in [-0.3, -0.25) is 0 Å². The lowest BCUT2D eigenvalue weighted by atomic mass is 10.3. The van der Waals surface area contributed by atoms with E-state index in [2.05, 4.69) is 10.6 Å². The molecule has 2 amide bonds. The van der Waals surface area contributed by atoms with Crippen molar-refractivity contribution in [1.82, 2.24) is 5.32 Å². The summed E-state index contributed by atoms with van der Waals surface area (Å²) in [4.78, 5) is 10.9. The summed E-state index contributed by atoms with van der Waals surface area (Å²) in [6.45, 7) is 0.619. The lowest BCUT2D eigenvalue weighted by Gasteiger charge is -2.08. The lowest BCUT2D eigenvalue weighted by molar-refractivity contribution is 0.0950. The van der Waals surface area contributed by atoms with Crippen molar-refractivity contribution in [1.29, 1.82) is 0 Å². The molecule has 0 aliphatic heterocycles. The van der Waals surface area contributed by atoms with Gasteiger partial charge < -0.3 is 20.5 Å². The van der Waals surface area contributed by atoms with E-state index in [9.17, 15) is 17.1 Å². The minimum Gasteiger partial charge on any atom is -0.394 e. The Morgan fingerprint density at radius 2 is 1.90 bits per heavy atom. The average Bonchev–Trinajstić information content (AvgIpc) is 2.38. The third-order valence-electron chi connectivity index (χ3n) is 2.16. The molecular weight excluding hydrogens is 291 g/mol. The maximum Gasteiger partial charge on any atom is 0.332 e. The van der Waals surface area contributed by atoms with Crippen molar-refractivity contribution in [2.45, 2.75) is 4.90 Å². The number of carbonyl (C=O) groups is 1. The SMILES string of the molecule is O=C(NCCOCCO)Nc1ccc(S(=O)(=O)F)cc1. The Morgan fingerprint density at radius 1 is 1.25 bits per heavy atom. The van der Waals surface area contributed by atoms with E-state index in [0.29, 0.717) is 5.69 Å². The van der Waals surface area contributed by atoms with Crippen molar-refractivity contribution in [3.8, 4) is 0 Å². The first-order valence-corrected chi connectivity index (χ1v) is 7.10. The van der Waals surface area contributed by atoms with Crippen molar-refractivity contribution < 1.29 is 26.9 Å². The highest BCUT2D eigenvalue weighted by Gasteiger charge is 2.11. The number of amides is 2. The number of aliphatic hydroxyl groups excluding tert-OH is 1. The number of rotatable bonds is 7. The molecule has 0 aliphatic rings. The molecule has 3 N–H and O–H groups in total. The van der Waals surface area contributed by atoms with Crippen LogP contribution in [0.5, 0.6) is 0 Å². The fraction of sp³-hybridized carbons (Fsp3) is 0.364. The smallest absolute Gasteiger partial charge is 0.332 e. The van der Waals surface area contributed by atoms with Gasteiger partial charge in [0.25, 0.3) is 0 Å². The number of benzene rings is 1. The number of hydrogen-bond acceptors (Lipinski definition) is 5. The van der Waals surface area contributed by atoms with Crippen molar-refractivity contribution in [3.63, 3.8) is 0 Å². The first-order chi connectivity index (χ1) is 9.43. The van der Waals surface area contributed by atoms with E-state index in [0.717, 1.165) is 12.1 Å². The average molecular weight is 306 g/mol. The van der Waals surface area contributed by atoms with Gasteiger partial charge in [-0.05, 0) is 24.3 Å². The van der Waals surface area contributed by atoms with Crippen LogP contribution in [0.4, 0.5) is 14.4 Å². The topological polar surface area (TPSA) is 105 Å². The number of aliphatic hydroxyl groups is 1. The van der Waals surface area contributed by atoms with E-state index in [1.807, 2.05) is 0 Å². The van der Waals surface area contributed by atoms with Gasteiger partial charge >= 0.3 is 16.3 Å². The molecule has 0 atom stereocenters. The molecule has 0 aliphatic carbocycles. The second-order valence-electron chi connectivity index (χ2n) is 3.68. The van der Waals surface area contributed by atoms with Gasteiger partial charge in [-0.25, -0.2) is 4.79 Å². The first-order valence-electron chi connectivity index (χ1n) is 5.71. The number of urea groups is 1. The molecule has 1 rings (SSSR count). The zero-order valence-corrected chi connectivity index (χ0v) is 11.3. The Balaban J connectivity index is 2.39. The first kappa shape index (κ1) is 16.3. The van der Waals surface area contributed by atoms with Crippen molar-refractivity contribution in [3.05, 3.63) is 24.3 Å². The molecule has 0 fully saturated rings. The molecule has 0 bridgehead atoms. The summed E-state index contributed by atoms with van der Waals surface area (Å²) >= 11 is 0. The molecule has 1 aromatic rings. The number of anilines is 1. The summed E-state index contributed by atoms with van der Waals surface area (Å²) in [6.07, 6.45) is 0. The minimum atomic E-state index is -4.74. The largest absolute Gasteiger partial charge is 0.394 e. The molecule has 1 aromatic carbocycles. The maximum absolute atomic E-state index is 12.6. The van der Waals surface area contributed by atoms with Crippen LogP contribution in [-0.2, 0) is 15.0 Å². The van der Waals surface area contributed by atoms with E-state index in [1.165, 1.54) is 12.1 Å². The molecule has 0 saturated heterocycles. The predicted molar refractivity (Wildman–Crippen MR) is 69.7 cm³/mol. The van der Waals surface area contributed by atoms with Gasteiger partial charge in [0.05, 0.1) is 24.7 Å². The highest BCUT2D eigenvalue weighted by molar-refractivity contribution is 7.86. The fourth-order valence-corrected chi connectivity index (χ4v) is 1.74. The van der Waals surface area contributed by atoms with Crippen LogP contribution in [0.25, 0.3) is 0 Å². The van der Waals surface area contributed by atoms with Crippen LogP contribution in [0, 0.1) is 0 Å². The van der Waals surface area contributed by atoms with Gasteiger partial charge in [-0.2, -0.15) is 8.42 Å². The van der Waals surface area contributed by atoms with Gasteiger partial charge in [-0.1, -0.05) is 0 Å². The summed E-state index contributed by atoms with van der Waals surface area (Å²) in [5, 5.41) is 13.4. The van der Waals surface area contributed by atoms with E-state index >= 15 is 0 Å². The quantitative estimate of drug-likeness (QED) is 0.502. The second-order valence-corrected chi connectivity index (χ2v) is 5.03. The zero-order chi connectivity index (χ0) is 15.0. The normalized spacial score (nSPS) is 11.1. The maximum atomic E-state index is 12.6. The van der Waals surface area contributed by atoms with E-state index in [-0.39, 0.29) is 26.4 Å². The van der Waals surface area contributed by atoms with E-state index in [1.54, 1.807) is 0 Å². The number of carbonyl (C=O) groups excluding carboxylic acids is 1. The van der Waals surface area contributed by atoms with Crippen molar-refractivity contribution in [2.75, 3.05) is 31.7 Å². The third-order valence-corrected chi connectivity index (χ3v) is 3.00. The number of nitrogens with one attached hydrogen (secondary N) is 2. The molecular formula is C11H15FN2O5S. The summed E-state index contributed by atoms with van der Waals surface area (Å²) in [5.74, 6) is 0.